The monoisotopic (exact) mass is 460 g/mol. The van der Waals surface area contributed by atoms with Crippen LogP contribution in [0.1, 0.15) is 11.1 Å². The first-order chi connectivity index (χ1) is 13.2. The van der Waals surface area contributed by atoms with E-state index in [0.29, 0.717) is 28.1 Å². The number of carbonyl (C=O) groups excluding carboxylic acids is 1. The van der Waals surface area contributed by atoms with Gasteiger partial charge in [-0.15, -0.1) is 0 Å². The van der Waals surface area contributed by atoms with Crippen LogP contribution in [0.5, 0.6) is 0 Å². The number of amides is 1. The quantitative estimate of drug-likeness (QED) is 0.574. The van der Waals surface area contributed by atoms with E-state index in [1.165, 1.54) is 19.2 Å². The molecule has 2 rings (SSSR count). The van der Waals surface area contributed by atoms with Crippen molar-refractivity contribution in [3.05, 3.63) is 63.6 Å². The molecule has 0 heterocycles. The molecule has 0 aromatic heterocycles. The van der Waals surface area contributed by atoms with Gasteiger partial charge in [0.05, 0.1) is 11.4 Å². The van der Waals surface area contributed by atoms with E-state index in [1.807, 2.05) is 6.92 Å². The molecule has 0 aliphatic heterocycles. The number of hydrogen-bond donors (Lipinski definition) is 1. The predicted octanol–water partition coefficient (Wildman–Crippen LogP) is 3.97. The molecule has 9 heteroatoms. The minimum absolute atomic E-state index is 0.167. The first-order valence-electron chi connectivity index (χ1n) is 8.52. The highest BCUT2D eigenvalue weighted by molar-refractivity contribution is 7.98. The smallest absolute Gasteiger partial charge is 0.243 e. The molecule has 0 aliphatic rings. The predicted molar refractivity (Wildman–Crippen MR) is 117 cm³/mol. The van der Waals surface area contributed by atoms with Crippen molar-refractivity contribution in [2.24, 2.45) is 0 Å². The van der Waals surface area contributed by atoms with Crippen molar-refractivity contribution in [1.29, 1.82) is 0 Å². The van der Waals surface area contributed by atoms with Crippen molar-refractivity contribution in [1.82, 2.24) is 9.62 Å². The second kappa shape index (κ2) is 10.5. The Bertz CT molecular complexity index is 899. The van der Waals surface area contributed by atoms with E-state index in [0.717, 1.165) is 15.4 Å². The number of likely N-dealkylation sites (N-methyl/N-ethyl adjacent to an activating group) is 1. The molecule has 152 valence electrons. The highest BCUT2D eigenvalue weighted by Crippen LogP contribution is 2.27. The summed E-state index contributed by atoms with van der Waals surface area (Å²) in [6.45, 7) is 2.06. The zero-order chi connectivity index (χ0) is 20.7. The molecule has 0 bridgehead atoms. The van der Waals surface area contributed by atoms with E-state index in [4.69, 9.17) is 23.2 Å². The van der Waals surface area contributed by atoms with Crippen LogP contribution in [0.2, 0.25) is 10.0 Å². The van der Waals surface area contributed by atoms with Crippen LogP contribution in [-0.2, 0) is 20.6 Å². The van der Waals surface area contributed by atoms with Crippen LogP contribution in [0.4, 0.5) is 0 Å². The van der Waals surface area contributed by atoms with Gasteiger partial charge < -0.3 is 5.32 Å². The molecule has 0 spiro atoms. The molecule has 0 aliphatic carbocycles. The fraction of sp³-hybridized carbons (Fsp3) is 0.316. The van der Waals surface area contributed by atoms with Crippen LogP contribution in [0, 0.1) is 6.92 Å². The van der Waals surface area contributed by atoms with Gasteiger partial charge in [0.1, 0.15) is 0 Å². The maximum Gasteiger partial charge on any atom is 0.243 e. The lowest BCUT2D eigenvalue weighted by Gasteiger charge is -2.17. The Morgan fingerprint density at radius 1 is 1.11 bits per heavy atom. The SMILES string of the molecule is Cc1ccc(S(=O)(=O)N(C)CC(=O)NCCSCc2c(Cl)cccc2Cl)cc1. The summed E-state index contributed by atoms with van der Waals surface area (Å²) in [4.78, 5) is 12.2. The number of hydrogen-bond acceptors (Lipinski definition) is 4. The number of rotatable bonds is 9. The molecule has 2 aromatic rings. The lowest BCUT2D eigenvalue weighted by atomic mass is 10.2. The zero-order valence-corrected chi connectivity index (χ0v) is 18.8. The minimum Gasteiger partial charge on any atom is -0.354 e. The summed E-state index contributed by atoms with van der Waals surface area (Å²) in [7, 11) is -2.30. The molecule has 1 N–H and O–H groups in total. The molecule has 0 saturated heterocycles. The molecule has 0 atom stereocenters. The van der Waals surface area contributed by atoms with Gasteiger partial charge in [-0.1, -0.05) is 47.0 Å². The Kier molecular flexibility index (Phi) is 8.64. The summed E-state index contributed by atoms with van der Waals surface area (Å²) in [5, 5.41) is 3.97. The highest BCUT2D eigenvalue weighted by Gasteiger charge is 2.22. The van der Waals surface area contributed by atoms with Gasteiger partial charge in [-0.2, -0.15) is 16.1 Å². The Labute approximate surface area is 180 Å². The second-order valence-corrected chi connectivity index (χ2v) is 10.1. The van der Waals surface area contributed by atoms with Crippen LogP contribution in [0.3, 0.4) is 0 Å². The van der Waals surface area contributed by atoms with Crippen LogP contribution in [0.25, 0.3) is 0 Å². The van der Waals surface area contributed by atoms with E-state index >= 15 is 0 Å². The molecular weight excluding hydrogens is 439 g/mol. The van der Waals surface area contributed by atoms with E-state index in [-0.39, 0.29) is 17.3 Å². The van der Waals surface area contributed by atoms with Gasteiger partial charge in [0.2, 0.25) is 15.9 Å². The third-order valence-electron chi connectivity index (χ3n) is 3.97. The molecule has 2 aromatic carbocycles. The summed E-state index contributed by atoms with van der Waals surface area (Å²) in [6.07, 6.45) is 0. The normalized spacial score (nSPS) is 11.6. The molecule has 28 heavy (non-hydrogen) atoms. The molecule has 0 unspecified atom stereocenters. The van der Waals surface area contributed by atoms with E-state index in [1.54, 1.807) is 42.1 Å². The number of nitrogens with one attached hydrogen (secondary N) is 1. The summed E-state index contributed by atoms with van der Waals surface area (Å²) in [5.41, 5.74) is 1.83. The van der Waals surface area contributed by atoms with Gasteiger partial charge in [-0.05, 0) is 36.8 Å². The summed E-state index contributed by atoms with van der Waals surface area (Å²) in [5.74, 6) is 0.937. The average molecular weight is 461 g/mol. The molecule has 0 fully saturated rings. The van der Waals surface area contributed by atoms with E-state index in [2.05, 4.69) is 5.32 Å². The Hall–Kier alpha value is -1.25. The van der Waals surface area contributed by atoms with Crippen LogP contribution < -0.4 is 5.32 Å². The molecule has 0 radical (unpaired) electrons. The number of nitrogens with zero attached hydrogens (tertiary/aromatic N) is 1. The largest absolute Gasteiger partial charge is 0.354 e. The van der Waals surface area contributed by atoms with E-state index in [9.17, 15) is 13.2 Å². The average Bonchev–Trinajstić information content (AvgIpc) is 2.64. The van der Waals surface area contributed by atoms with Crippen LogP contribution in [0.15, 0.2) is 47.4 Å². The molecule has 5 nitrogen and oxygen atoms in total. The third-order valence-corrected chi connectivity index (χ3v) is 7.48. The van der Waals surface area contributed by atoms with Crippen molar-refractivity contribution in [2.75, 3.05) is 25.9 Å². The Morgan fingerprint density at radius 2 is 1.71 bits per heavy atom. The maximum atomic E-state index is 12.5. The van der Waals surface area contributed by atoms with Crippen molar-refractivity contribution in [3.8, 4) is 0 Å². The lowest BCUT2D eigenvalue weighted by molar-refractivity contribution is -0.121. The topological polar surface area (TPSA) is 66.5 Å². The lowest BCUT2D eigenvalue weighted by Crippen LogP contribution is -2.39. The van der Waals surface area contributed by atoms with Gasteiger partial charge in [0, 0.05) is 35.1 Å². The fourth-order valence-electron chi connectivity index (χ4n) is 2.34. The number of thioether (sulfide) groups is 1. The first-order valence-corrected chi connectivity index (χ1v) is 11.9. The zero-order valence-electron chi connectivity index (χ0n) is 15.6. The van der Waals surface area contributed by atoms with Gasteiger partial charge >= 0.3 is 0 Å². The van der Waals surface area contributed by atoms with Gasteiger partial charge in [0.25, 0.3) is 0 Å². The van der Waals surface area contributed by atoms with Crippen LogP contribution in [-0.4, -0.2) is 44.5 Å². The number of sulfonamides is 1. The summed E-state index contributed by atoms with van der Waals surface area (Å²) in [6, 6.07) is 11.9. The van der Waals surface area contributed by atoms with Crippen molar-refractivity contribution in [2.45, 2.75) is 17.6 Å². The molecule has 0 saturated carbocycles. The molecular formula is C19H22Cl2N2O3S2. The highest BCUT2D eigenvalue weighted by atomic mass is 35.5. The summed E-state index contributed by atoms with van der Waals surface area (Å²) >= 11 is 13.8. The van der Waals surface area contributed by atoms with Crippen molar-refractivity contribution < 1.29 is 13.2 Å². The number of carbonyl (C=O) groups is 1. The Balaban J connectivity index is 1.77. The third kappa shape index (κ3) is 6.39. The van der Waals surface area contributed by atoms with Crippen molar-refractivity contribution >= 4 is 50.9 Å². The Morgan fingerprint density at radius 3 is 2.32 bits per heavy atom. The molecule has 1 amide bonds. The summed E-state index contributed by atoms with van der Waals surface area (Å²) < 4.78 is 26.0. The number of benzene rings is 2. The minimum atomic E-state index is -3.69. The van der Waals surface area contributed by atoms with Gasteiger partial charge in [-0.3, -0.25) is 4.79 Å². The first kappa shape index (κ1) is 23.0. The standard InChI is InChI=1S/C19H22Cl2N2O3S2/c1-14-6-8-15(9-7-14)28(25,26)23(2)12-19(24)22-10-11-27-13-16-17(20)4-3-5-18(16)21/h3-9H,10-13H2,1-2H3,(H,22,24). The number of halogens is 2. The van der Waals surface area contributed by atoms with E-state index < -0.39 is 10.0 Å². The van der Waals surface area contributed by atoms with Crippen molar-refractivity contribution in [3.63, 3.8) is 0 Å². The fourth-order valence-corrected chi connectivity index (χ4v) is 5.06. The second-order valence-electron chi connectivity index (χ2n) is 6.18. The van der Waals surface area contributed by atoms with Gasteiger partial charge in [0.15, 0.2) is 0 Å². The maximum absolute atomic E-state index is 12.5. The van der Waals surface area contributed by atoms with Gasteiger partial charge in [-0.25, -0.2) is 8.42 Å². The number of aryl methyl sites for hydroxylation is 1. The van der Waals surface area contributed by atoms with Crippen LogP contribution >= 0.6 is 35.0 Å².